The van der Waals surface area contributed by atoms with E-state index in [1.165, 1.54) is 49.9 Å². The van der Waals surface area contributed by atoms with E-state index in [4.69, 9.17) is 9.47 Å². The zero-order chi connectivity index (χ0) is 20.9. The molecule has 4 aliphatic carbocycles. The number of carbonyl (C=O) groups excluding carboxylic acids is 1. The Morgan fingerprint density at radius 3 is 2.40 bits per heavy atom. The highest BCUT2D eigenvalue weighted by atomic mass is 32.1. The first-order valence-corrected chi connectivity index (χ1v) is 11.9. The van der Waals surface area contributed by atoms with Crippen LogP contribution in [-0.4, -0.2) is 36.6 Å². The van der Waals surface area contributed by atoms with Crippen molar-refractivity contribution in [1.29, 1.82) is 0 Å². The number of methoxy groups -OCH3 is 2. The van der Waals surface area contributed by atoms with Crippen molar-refractivity contribution >= 4 is 27.5 Å². The molecule has 0 aliphatic heterocycles. The van der Waals surface area contributed by atoms with Crippen LogP contribution in [0.5, 0.6) is 5.88 Å². The van der Waals surface area contributed by atoms with Gasteiger partial charge >= 0.3 is 0 Å². The molecule has 2 aromatic rings. The number of carbonyl (C=O) groups is 1. The largest absolute Gasteiger partial charge is 0.480 e. The van der Waals surface area contributed by atoms with Gasteiger partial charge in [-0.25, -0.2) is 4.98 Å². The molecule has 2 heterocycles. The number of rotatable bonds is 7. The highest BCUT2D eigenvalue weighted by Crippen LogP contribution is 2.61. The highest BCUT2D eigenvalue weighted by Gasteiger charge is 2.50. The van der Waals surface area contributed by atoms with Crippen molar-refractivity contribution in [3.05, 3.63) is 16.3 Å². The minimum absolute atomic E-state index is 0.00410. The van der Waals surface area contributed by atoms with Crippen LogP contribution in [0.2, 0.25) is 0 Å². The number of nitrogens with one attached hydrogen (secondary N) is 1. The van der Waals surface area contributed by atoms with E-state index in [0.29, 0.717) is 28.6 Å². The summed E-state index contributed by atoms with van der Waals surface area (Å²) in [6.07, 6.45) is 9.64. The molecular formula is C23H31N3O3S. The van der Waals surface area contributed by atoms with Gasteiger partial charge in [0.2, 0.25) is 5.88 Å². The van der Waals surface area contributed by atoms with Crippen LogP contribution in [0.1, 0.15) is 66.0 Å². The second kappa shape index (κ2) is 7.75. The van der Waals surface area contributed by atoms with Crippen molar-refractivity contribution in [1.82, 2.24) is 15.3 Å². The summed E-state index contributed by atoms with van der Waals surface area (Å²) in [6.45, 7) is 3.03. The lowest BCUT2D eigenvalue weighted by molar-refractivity contribution is -0.0564. The zero-order valence-corrected chi connectivity index (χ0v) is 18.9. The molecule has 6 rings (SSSR count). The monoisotopic (exact) mass is 429 g/mol. The van der Waals surface area contributed by atoms with Crippen LogP contribution < -0.4 is 10.1 Å². The second-order valence-corrected chi connectivity index (χ2v) is 10.7. The van der Waals surface area contributed by atoms with Crippen molar-refractivity contribution < 1.29 is 14.3 Å². The molecule has 0 atom stereocenters. The highest BCUT2D eigenvalue weighted by molar-refractivity contribution is 7.20. The minimum atomic E-state index is -0.00410. The lowest BCUT2D eigenvalue weighted by Crippen LogP contribution is -2.47. The van der Waals surface area contributed by atoms with Crippen molar-refractivity contribution in [2.24, 2.45) is 23.2 Å². The Balaban J connectivity index is 1.30. The van der Waals surface area contributed by atoms with Crippen LogP contribution in [0, 0.1) is 30.1 Å². The predicted octanol–water partition coefficient (Wildman–Crippen LogP) is 4.49. The standard InChI is InChI=1S/C23H31N3O3S/c1-13-18-21(29-3)25-17(12-28-2)26-22(18)30-19(13)20(27)24-5-4-23-9-14-6-15(10-23)8-16(7-14)11-23/h14-16H,4-12H2,1-3H3,(H,24,27). The molecule has 4 fully saturated rings. The van der Waals surface area contributed by atoms with Gasteiger partial charge in [-0.15, -0.1) is 11.3 Å². The van der Waals surface area contributed by atoms with Gasteiger partial charge in [-0.05, 0) is 80.6 Å². The Morgan fingerprint density at radius 2 is 1.80 bits per heavy atom. The number of hydrogen-bond acceptors (Lipinski definition) is 6. The third-order valence-electron chi connectivity index (χ3n) is 7.58. The van der Waals surface area contributed by atoms with Crippen molar-refractivity contribution in [2.45, 2.75) is 58.5 Å². The Labute approximate surface area is 181 Å². The number of ether oxygens (including phenoxy) is 2. The average Bonchev–Trinajstić information content (AvgIpc) is 3.03. The van der Waals surface area contributed by atoms with E-state index in [9.17, 15) is 4.79 Å². The first-order valence-electron chi connectivity index (χ1n) is 11.1. The van der Waals surface area contributed by atoms with Gasteiger partial charge in [0.15, 0.2) is 5.82 Å². The second-order valence-electron chi connectivity index (χ2n) is 9.74. The Bertz CT molecular complexity index is 935. The first-order chi connectivity index (χ1) is 14.5. The molecular weight excluding hydrogens is 398 g/mol. The van der Waals surface area contributed by atoms with Crippen molar-refractivity contribution in [3.63, 3.8) is 0 Å². The summed E-state index contributed by atoms with van der Waals surface area (Å²) in [7, 11) is 3.21. The fourth-order valence-electron chi connectivity index (χ4n) is 6.82. The molecule has 0 aromatic carbocycles. The molecule has 4 saturated carbocycles. The number of fused-ring (bicyclic) bond motifs is 1. The number of thiophene rings is 1. The summed E-state index contributed by atoms with van der Waals surface area (Å²) in [4.78, 5) is 23.5. The fourth-order valence-corrected chi connectivity index (χ4v) is 7.93. The molecule has 6 nitrogen and oxygen atoms in total. The number of nitrogens with zero attached hydrogens (tertiary/aromatic N) is 2. The zero-order valence-electron chi connectivity index (χ0n) is 18.1. The summed E-state index contributed by atoms with van der Waals surface area (Å²) in [5.41, 5.74) is 1.38. The normalized spacial score (nSPS) is 29.5. The smallest absolute Gasteiger partial charge is 0.261 e. The fraction of sp³-hybridized carbons (Fsp3) is 0.696. The quantitative estimate of drug-likeness (QED) is 0.702. The molecule has 30 heavy (non-hydrogen) atoms. The predicted molar refractivity (Wildman–Crippen MR) is 117 cm³/mol. The Morgan fingerprint density at radius 1 is 1.13 bits per heavy atom. The van der Waals surface area contributed by atoms with Gasteiger partial charge in [0.1, 0.15) is 11.4 Å². The van der Waals surface area contributed by atoms with Gasteiger partial charge in [0, 0.05) is 13.7 Å². The topological polar surface area (TPSA) is 73.3 Å². The van der Waals surface area contributed by atoms with Gasteiger partial charge in [0.05, 0.1) is 17.4 Å². The maximum atomic E-state index is 13.0. The SMILES string of the molecule is COCc1nc(OC)c2c(C)c(C(=O)NCCC34CC5CC(CC(C5)C3)C4)sc2n1. The number of hydrogen-bond donors (Lipinski definition) is 1. The van der Waals surface area contributed by atoms with Crippen LogP contribution in [0.4, 0.5) is 0 Å². The molecule has 1 amide bonds. The summed E-state index contributed by atoms with van der Waals surface area (Å²) < 4.78 is 10.6. The van der Waals surface area contributed by atoms with Crippen LogP contribution in [-0.2, 0) is 11.3 Å². The molecule has 0 saturated heterocycles. The van der Waals surface area contributed by atoms with E-state index in [1.54, 1.807) is 14.2 Å². The Hall–Kier alpha value is -1.73. The average molecular weight is 430 g/mol. The molecule has 4 aliphatic rings. The molecule has 0 radical (unpaired) electrons. The number of aryl methyl sites for hydroxylation is 1. The molecule has 0 unspecified atom stereocenters. The molecule has 0 spiro atoms. The lowest BCUT2D eigenvalue weighted by Gasteiger charge is -2.57. The maximum absolute atomic E-state index is 13.0. The van der Waals surface area contributed by atoms with Crippen molar-refractivity contribution in [3.8, 4) is 5.88 Å². The third-order valence-corrected chi connectivity index (χ3v) is 8.77. The summed E-state index contributed by atoms with van der Waals surface area (Å²) >= 11 is 1.41. The van der Waals surface area contributed by atoms with E-state index in [2.05, 4.69) is 15.3 Å². The van der Waals surface area contributed by atoms with Gasteiger partial charge in [0.25, 0.3) is 5.91 Å². The summed E-state index contributed by atoms with van der Waals surface area (Å²) in [6, 6.07) is 0. The van der Waals surface area contributed by atoms with Crippen LogP contribution in [0.3, 0.4) is 0 Å². The maximum Gasteiger partial charge on any atom is 0.261 e. The minimum Gasteiger partial charge on any atom is -0.480 e. The number of amides is 1. The summed E-state index contributed by atoms with van der Waals surface area (Å²) in [5, 5.41) is 4.04. The third kappa shape index (κ3) is 3.50. The van der Waals surface area contributed by atoms with Crippen molar-refractivity contribution in [2.75, 3.05) is 20.8 Å². The van der Waals surface area contributed by atoms with Crippen LogP contribution in [0.25, 0.3) is 10.2 Å². The first kappa shape index (κ1) is 20.2. The van der Waals surface area contributed by atoms with E-state index in [-0.39, 0.29) is 5.91 Å². The molecule has 1 N–H and O–H groups in total. The van der Waals surface area contributed by atoms with E-state index < -0.39 is 0 Å². The molecule has 4 bridgehead atoms. The number of aromatic nitrogens is 2. The summed E-state index contributed by atoms with van der Waals surface area (Å²) in [5.74, 6) is 3.92. The molecule has 2 aromatic heterocycles. The van der Waals surface area contributed by atoms with Crippen LogP contribution in [0.15, 0.2) is 0 Å². The van der Waals surface area contributed by atoms with Gasteiger partial charge in [-0.2, -0.15) is 4.98 Å². The lowest BCUT2D eigenvalue weighted by atomic mass is 9.49. The van der Waals surface area contributed by atoms with E-state index >= 15 is 0 Å². The molecule has 162 valence electrons. The molecule has 7 heteroatoms. The van der Waals surface area contributed by atoms with Gasteiger partial charge < -0.3 is 14.8 Å². The van der Waals surface area contributed by atoms with Crippen LogP contribution >= 0.6 is 11.3 Å². The van der Waals surface area contributed by atoms with Gasteiger partial charge in [-0.1, -0.05) is 0 Å². The van der Waals surface area contributed by atoms with E-state index in [0.717, 1.165) is 46.5 Å². The van der Waals surface area contributed by atoms with E-state index in [1.807, 2.05) is 6.92 Å². The Kier molecular flexibility index (Phi) is 5.22. The van der Waals surface area contributed by atoms with Gasteiger partial charge in [-0.3, -0.25) is 4.79 Å².